The van der Waals surface area contributed by atoms with Crippen molar-refractivity contribution in [1.29, 1.82) is 0 Å². The van der Waals surface area contributed by atoms with Gasteiger partial charge in [0.1, 0.15) is 11.5 Å². The molecule has 2 rings (SSSR count). The number of hydrogen-bond donors (Lipinski definition) is 0. The van der Waals surface area contributed by atoms with E-state index in [1.165, 1.54) is 19.2 Å². The van der Waals surface area contributed by atoms with Gasteiger partial charge in [-0.3, -0.25) is 10.1 Å². The number of non-ortho nitro benzene ring substituents is 1. The largest absolute Gasteiger partial charge is 0.497 e. The number of benzene rings is 2. The summed E-state index contributed by atoms with van der Waals surface area (Å²) in [6.45, 7) is 0. The summed E-state index contributed by atoms with van der Waals surface area (Å²) < 4.78 is 10.1. The second-order valence-electron chi connectivity index (χ2n) is 3.99. The maximum absolute atomic E-state index is 12.0. The molecule has 0 heterocycles. The number of carbonyl (C=O) groups is 1. The van der Waals surface area contributed by atoms with E-state index in [-0.39, 0.29) is 16.3 Å². The molecule has 0 fully saturated rings. The van der Waals surface area contributed by atoms with E-state index in [2.05, 4.69) is 0 Å². The zero-order valence-electron chi connectivity index (χ0n) is 10.9. The van der Waals surface area contributed by atoms with Gasteiger partial charge in [0.25, 0.3) is 5.69 Å². The maximum Gasteiger partial charge on any atom is 0.345 e. The van der Waals surface area contributed by atoms with Crippen LogP contribution in [0.15, 0.2) is 42.5 Å². The van der Waals surface area contributed by atoms with E-state index in [4.69, 9.17) is 21.1 Å². The average Bonchev–Trinajstić information content (AvgIpc) is 2.47. The molecule has 0 radical (unpaired) electrons. The number of halogens is 1. The number of nitro benzene ring substituents is 1. The number of nitro groups is 1. The van der Waals surface area contributed by atoms with Crippen molar-refractivity contribution in [2.75, 3.05) is 7.11 Å². The molecule has 0 N–H and O–H groups in total. The first-order chi connectivity index (χ1) is 10.0. The van der Waals surface area contributed by atoms with E-state index in [1.54, 1.807) is 24.3 Å². The minimum atomic E-state index is -0.694. The Balaban J connectivity index is 2.17. The highest BCUT2D eigenvalue weighted by molar-refractivity contribution is 6.33. The van der Waals surface area contributed by atoms with Crippen LogP contribution in [0.5, 0.6) is 11.5 Å². The van der Waals surface area contributed by atoms with Crippen LogP contribution in [0.4, 0.5) is 5.69 Å². The molecule has 0 amide bonds. The predicted octanol–water partition coefficient (Wildman–Crippen LogP) is 3.48. The molecule has 0 bridgehead atoms. The molecule has 2 aromatic carbocycles. The van der Waals surface area contributed by atoms with Crippen LogP contribution >= 0.6 is 11.6 Å². The lowest BCUT2D eigenvalue weighted by Gasteiger charge is -2.06. The smallest absolute Gasteiger partial charge is 0.345 e. The third-order valence-corrected chi connectivity index (χ3v) is 2.97. The van der Waals surface area contributed by atoms with Crippen molar-refractivity contribution >= 4 is 23.3 Å². The first-order valence-corrected chi connectivity index (χ1v) is 6.19. The Morgan fingerprint density at radius 2 is 1.76 bits per heavy atom. The van der Waals surface area contributed by atoms with Crippen LogP contribution in [0.2, 0.25) is 5.02 Å². The summed E-state index contributed by atoms with van der Waals surface area (Å²) in [6, 6.07) is 9.96. The van der Waals surface area contributed by atoms with Gasteiger partial charge in [-0.25, -0.2) is 4.79 Å². The number of hydrogen-bond acceptors (Lipinski definition) is 5. The van der Waals surface area contributed by atoms with Crippen LogP contribution in [0.3, 0.4) is 0 Å². The van der Waals surface area contributed by atoms with E-state index in [1.807, 2.05) is 0 Å². The van der Waals surface area contributed by atoms with Crippen LogP contribution in [0.25, 0.3) is 0 Å². The first kappa shape index (κ1) is 14.8. The molecule has 0 aliphatic heterocycles. The van der Waals surface area contributed by atoms with Crippen LogP contribution in [0.1, 0.15) is 10.4 Å². The molecule has 0 spiro atoms. The Morgan fingerprint density at radius 1 is 1.14 bits per heavy atom. The number of carbonyl (C=O) groups excluding carboxylic acids is 1. The normalized spacial score (nSPS) is 10.0. The molecule has 6 nitrogen and oxygen atoms in total. The van der Waals surface area contributed by atoms with Crippen LogP contribution in [-0.2, 0) is 0 Å². The molecule has 7 heteroatoms. The van der Waals surface area contributed by atoms with Gasteiger partial charge in [-0.15, -0.1) is 0 Å². The molecular weight excluding hydrogens is 298 g/mol. The van der Waals surface area contributed by atoms with Gasteiger partial charge in [-0.1, -0.05) is 11.6 Å². The lowest BCUT2D eigenvalue weighted by Crippen LogP contribution is -2.09. The highest BCUT2D eigenvalue weighted by Gasteiger charge is 2.16. The van der Waals surface area contributed by atoms with Gasteiger partial charge < -0.3 is 9.47 Å². The summed E-state index contributed by atoms with van der Waals surface area (Å²) in [5.41, 5.74) is -0.140. The number of methoxy groups -OCH3 is 1. The SMILES string of the molecule is COc1ccc(OC(=O)c2ccc([N+](=O)[O-])cc2Cl)cc1. The molecule has 0 aliphatic rings. The third-order valence-electron chi connectivity index (χ3n) is 2.65. The minimum absolute atomic E-state index is 0.0392. The van der Waals surface area contributed by atoms with Gasteiger partial charge >= 0.3 is 5.97 Å². The van der Waals surface area contributed by atoms with E-state index >= 15 is 0 Å². The van der Waals surface area contributed by atoms with Gasteiger partial charge in [0.15, 0.2) is 0 Å². The average molecular weight is 308 g/mol. The fourth-order valence-electron chi connectivity index (χ4n) is 1.59. The summed E-state index contributed by atoms with van der Waals surface area (Å²) >= 11 is 5.86. The molecule has 0 saturated heterocycles. The maximum atomic E-state index is 12.0. The summed E-state index contributed by atoms with van der Waals surface area (Å²) in [5.74, 6) is 0.249. The highest BCUT2D eigenvalue weighted by Crippen LogP contribution is 2.24. The Labute approximate surface area is 125 Å². The third kappa shape index (κ3) is 3.49. The Bertz CT molecular complexity index is 684. The van der Waals surface area contributed by atoms with E-state index in [0.29, 0.717) is 11.5 Å². The van der Waals surface area contributed by atoms with Gasteiger partial charge in [0.2, 0.25) is 0 Å². The zero-order valence-corrected chi connectivity index (χ0v) is 11.7. The van der Waals surface area contributed by atoms with Crippen molar-refractivity contribution in [3.8, 4) is 11.5 Å². The Morgan fingerprint density at radius 3 is 2.29 bits per heavy atom. The fraction of sp³-hybridized carbons (Fsp3) is 0.0714. The standard InChI is InChI=1S/C14H10ClNO5/c1-20-10-3-5-11(6-4-10)21-14(17)12-7-2-9(16(18)19)8-13(12)15/h2-8H,1H3. The predicted molar refractivity (Wildman–Crippen MR) is 76.1 cm³/mol. The van der Waals surface area contributed by atoms with Gasteiger partial charge in [0.05, 0.1) is 22.6 Å². The van der Waals surface area contributed by atoms with Crippen LogP contribution in [-0.4, -0.2) is 18.0 Å². The summed E-state index contributed by atoms with van der Waals surface area (Å²) in [6.07, 6.45) is 0. The van der Waals surface area contributed by atoms with Crippen molar-refractivity contribution < 1.29 is 19.2 Å². The molecule has 0 saturated carbocycles. The van der Waals surface area contributed by atoms with Crippen molar-refractivity contribution in [2.24, 2.45) is 0 Å². The lowest BCUT2D eigenvalue weighted by molar-refractivity contribution is -0.384. The second-order valence-corrected chi connectivity index (χ2v) is 4.39. The molecular formula is C14H10ClNO5. The van der Waals surface area contributed by atoms with Crippen molar-refractivity contribution in [3.05, 3.63) is 63.2 Å². The molecule has 21 heavy (non-hydrogen) atoms. The fourth-order valence-corrected chi connectivity index (χ4v) is 1.84. The second kappa shape index (κ2) is 6.23. The topological polar surface area (TPSA) is 78.7 Å². The van der Waals surface area contributed by atoms with E-state index in [9.17, 15) is 14.9 Å². The number of rotatable bonds is 4. The molecule has 0 aromatic heterocycles. The van der Waals surface area contributed by atoms with Crippen LogP contribution in [0, 0.1) is 10.1 Å². The number of nitrogens with zero attached hydrogens (tertiary/aromatic N) is 1. The Hall–Kier alpha value is -2.60. The van der Waals surface area contributed by atoms with E-state index < -0.39 is 10.9 Å². The molecule has 0 atom stereocenters. The lowest BCUT2D eigenvalue weighted by atomic mass is 10.2. The molecule has 2 aromatic rings. The summed E-state index contributed by atoms with van der Waals surface area (Å²) in [4.78, 5) is 22.0. The van der Waals surface area contributed by atoms with E-state index in [0.717, 1.165) is 6.07 Å². The van der Waals surface area contributed by atoms with Crippen molar-refractivity contribution in [1.82, 2.24) is 0 Å². The number of ether oxygens (including phenoxy) is 2. The monoisotopic (exact) mass is 307 g/mol. The Kier molecular flexibility index (Phi) is 4.39. The molecule has 0 unspecified atom stereocenters. The van der Waals surface area contributed by atoms with Crippen LogP contribution < -0.4 is 9.47 Å². The summed E-state index contributed by atoms with van der Waals surface area (Å²) in [7, 11) is 1.53. The number of esters is 1. The first-order valence-electron chi connectivity index (χ1n) is 5.81. The minimum Gasteiger partial charge on any atom is -0.497 e. The van der Waals surface area contributed by atoms with Gasteiger partial charge in [-0.05, 0) is 30.3 Å². The van der Waals surface area contributed by atoms with Gasteiger partial charge in [-0.2, -0.15) is 0 Å². The quantitative estimate of drug-likeness (QED) is 0.374. The highest BCUT2D eigenvalue weighted by atomic mass is 35.5. The van der Waals surface area contributed by atoms with Crippen molar-refractivity contribution in [3.63, 3.8) is 0 Å². The van der Waals surface area contributed by atoms with Crippen molar-refractivity contribution in [2.45, 2.75) is 0 Å². The van der Waals surface area contributed by atoms with Gasteiger partial charge in [0, 0.05) is 12.1 Å². The zero-order chi connectivity index (χ0) is 15.4. The molecule has 0 aliphatic carbocycles. The molecule has 108 valence electrons. The summed E-state index contributed by atoms with van der Waals surface area (Å²) in [5, 5.41) is 10.6.